The molecular formula is C23H38O5. The molecule has 28 heavy (non-hydrogen) atoms. The fourth-order valence-corrected chi connectivity index (χ4v) is 4.32. The molecule has 0 saturated carbocycles. The highest BCUT2D eigenvalue weighted by atomic mass is 16.5. The number of carbonyl (C=O) groups is 2. The summed E-state index contributed by atoms with van der Waals surface area (Å²) in [6, 6.07) is 0. The normalized spacial score (nSPS) is 26.2. The molecule has 0 amide bonds. The average Bonchev–Trinajstić information content (AvgIpc) is 3.27. The minimum atomic E-state index is -0.402. The maximum absolute atomic E-state index is 11.6. The van der Waals surface area contributed by atoms with Gasteiger partial charge in [0.05, 0.1) is 18.8 Å². The molecule has 0 radical (unpaired) electrons. The molecule has 5 nitrogen and oxygen atoms in total. The number of esters is 1. The molecule has 5 heteroatoms. The van der Waals surface area contributed by atoms with E-state index < -0.39 is 5.97 Å². The van der Waals surface area contributed by atoms with Crippen LogP contribution in [0.4, 0.5) is 0 Å². The molecule has 2 fully saturated rings. The van der Waals surface area contributed by atoms with Gasteiger partial charge < -0.3 is 14.2 Å². The summed E-state index contributed by atoms with van der Waals surface area (Å²) in [5.74, 6) is 0.679. The van der Waals surface area contributed by atoms with Crippen molar-refractivity contribution >= 4 is 11.8 Å². The van der Waals surface area contributed by atoms with E-state index in [4.69, 9.17) is 14.2 Å². The van der Waals surface area contributed by atoms with E-state index in [2.05, 4.69) is 19.1 Å². The number of hydrogen-bond donors (Lipinski definition) is 0. The molecule has 0 aromatic rings. The maximum atomic E-state index is 11.6. The second-order valence-corrected chi connectivity index (χ2v) is 8.17. The zero-order chi connectivity index (χ0) is 20.2. The van der Waals surface area contributed by atoms with Crippen LogP contribution < -0.4 is 0 Å². The fourth-order valence-electron chi connectivity index (χ4n) is 4.32. The van der Waals surface area contributed by atoms with E-state index >= 15 is 0 Å². The van der Waals surface area contributed by atoms with Crippen LogP contribution in [0.15, 0.2) is 12.2 Å². The Kier molecular flexibility index (Phi) is 10.8. The van der Waals surface area contributed by atoms with Gasteiger partial charge in [0.25, 0.3) is 0 Å². The van der Waals surface area contributed by atoms with Crippen molar-refractivity contribution in [2.24, 2.45) is 11.8 Å². The van der Waals surface area contributed by atoms with Crippen LogP contribution in [0.5, 0.6) is 0 Å². The van der Waals surface area contributed by atoms with Gasteiger partial charge in [-0.2, -0.15) is 0 Å². The highest BCUT2D eigenvalue weighted by Crippen LogP contribution is 2.45. The minimum absolute atomic E-state index is 0.0127. The summed E-state index contributed by atoms with van der Waals surface area (Å²) in [6.07, 6.45) is 15.7. The number of allylic oxidation sites excluding steroid dienone is 2. The van der Waals surface area contributed by atoms with Crippen molar-refractivity contribution in [2.75, 3.05) is 19.8 Å². The van der Waals surface area contributed by atoms with Gasteiger partial charge in [0, 0.05) is 25.9 Å². The molecule has 2 saturated heterocycles. The van der Waals surface area contributed by atoms with Gasteiger partial charge in [-0.15, -0.1) is 0 Å². The topological polar surface area (TPSA) is 61.8 Å². The first kappa shape index (κ1) is 23.1. The Morgan fingerprint density at radius 3 is 2.57 bits per heavy atom. The first-order chi connectivity index (χ1) is 13.6. The van der Waals surface area contributed by atoms with Crippen LogP contribution in [0.2, 0.25) is 0 Å². The summed E-state index contributed by atoms with van der Waals surface area (Å²) in [7, 11) is 0. The number of unbranched alkanes of at least 4 members (excludes halogenated alkanes) is 4. The van der Waals surface area contributed by atoms with Crippen LogP contribution in [0.25, 0.3) is 0 Å². The lowest BCUT2D eigenvalue weighted by molar-refractivity contribution is -0.145. The molecule has 0 N–H and O–H groups in total. The van der Waals surface area contributed by atoms with Crippen molar-refractivity contribution in [3.63, 3.8) is 0 Å². The molecule has 0 unspecified atom stereocenters. The van der Waals surface area contributed by atoms with Crippen LogP contribution >= 0.6 is 0 Å². The van der Waals surface area contributed by atoms with Crippen molar-refractivity contribution < 1.29 is 23.8 Å². The molecule has 0 aliphatic carbocycles. The van der Waals surface area contributed by atoms with E-state index in [-0.39, 0.29) is 12.4 Å². The molecule has 2 rings (SSSR count). The molecular weight excluding hydrogens is 356 g/mol. The molecule has 2 aliphatic heterocycles. The van der Waals surface area contributed by atoms with Gasteiger partial charge in [-0.05, 0) is 44.4 Å². The van der Waals surface area contributed by atoms with Gasteiger partial charge in [-0.25, -0.2) is 0 Å². The molecule has 0 spiro atoms. The SMILES string of the molecule is CCCCCCOC[C@H]1[C@@H](CC=CCCCC(=O)COC(C)=O)[C@H]2CC[C@@H]1O2. The third kappa shape index (κ3) is 8.04. The average molecular weight is 395 g/mol. The molecule has 2 heterocycles. The quantitative estimate of drug-likeness (QED) is 0.230. The zero-order valence-electron chi connectivity index (χ0n) is 17.7. The largest absolute Gasteiger partial charge is 0.458 e. The first-order valence-corrected chi connectivity index (χ1v) is 11.1. The van der Waals surface area contributed by atoms with Gasteiger partial charge in [-0.3, -0.25) is 9.59 Å². The molecule has 160 valence electrons. The molecule has 0 aromatic carbocycles. The monoisotopic (exact) mass is 394 g/mol. The van der Waals surface area contributed by atoms with Gasteiger partial charge >= 0.3 is 5.97 Å². The summed E-state index contributed by atoms with van der Waals surface area (Å²) in [5, 5.41) is 0. The summed E-state index contributed by atoms with van der Waals surface area (Å²) >= 11 is 0. The van der Waals surface area contributed by atoms with E-state index in [1.165, 1.54) is 39.0 Å². The van der Waals surface area contributed by atoms with Crippen LogP contribution in [0.3, 0.4) is 0 Å². The number of hydrogen-bond acceptors (Lipinski definition) is 5. The van der Waals surface area contributed by atoms with Crippen LogP contribution in [0, 0.1) is 11.8 Å². The number of ketones is 1. The Labute approximate surface area is 170 Å². The molecule has 2 aliphatic rings. The zero-order valence-corrected chi connectivity index (χ0v) is 17.7. The van der Waals surface area contributed by atoms with Gasteiger partial charge in [0.15, 0.2) is 5.78 Å². The second kappa shape index (κ2) is 13.1. The Morgan fingerprint density at radius 2 is 1.82 bits per heavy atom. The Hall–Kier alpha value is -1.20. The highest BCUT2D eigenvalue weighted by Gasteiger charge is 2.48. The fraction of sp³-hybridized carbons (Fsp3) is 0.826. The van der Waals surface area contributed by atoms with Crippen molar-refractivity contribution in [3.05, 3.63) is 12.2 Å². The summed E-state index contributed by atoms with van der Waals surface area (Å²) in [5.41, 5.74) is 0. The van der Waals surface area contributed by atoms with E-state index in [0.29, 0.717) is 30.5 Å². The Bertz CT molecular complexity index is 501. The molecule has 2 bridgehead atoms. The maximum Gasteiger partial charge on any atom is 0.303 e. The lowest BCUT2D eigenvalue weighted by atomic mass is 9.78. The lowest BCUT2D eigenvalue weighted by Crippen LogP contribution is -2.30. The van der Waals surface area contributed by atoms with E-state index in [1.807, 2.05) is 0 Å². The highest BCUT2D eigenvalue weighted by molar-refractivity contribution is 5.81. The standard InChI is InChI=1S/C23H38O5/c1-3-4-5-10-15-26-17-21-20(22-13-14-23(21)28-22)12-9-7-6-8-11-19(25)16-27-18(2)24/h7,9,20-23H,3-6,8,10-17H2,1-2H3/t20-,21+,22-,23+/m1/s1. The number of rotatable bonds is 15. The van der Waals surface area contributed by atoms with E-state index in [0.717, 1.165) is 38.9 Å². The number of carbonyl (C=O) groups excluding carboxylic acids is 2. The van der Waals surface area contributed by atoms with Gasteiger partial charge in [0.2, 0.25) is 0 Å². The van der Waals surface area contributed by atoms with E-state index in [9.17, 15) is 9.59 Å². The molecule has 4 atom stereocenters. The van der Waals surface area contributed by atoms with Crippen LogP contribution in [0.1, 0.15) is 78.1 Å². The van der Waals surface area contributed by atoms with Crippen LogP contribution in [-0.4, -0.2) is 43.8 Å². The minimum Gasteiger partial charge on any atom is -0.458 e. The number of fused-ring (bicyclic) bond motifs is 2. The Balaban J connectivity index is 1.61. The Morgan fingerprint density at radius 1 is 1.04 bits per heavy atom. The summed E-state index contributed by atoms with van der Waals surface area (Å²) < 4.78 is 16.8. The van der Waals surface area contributed by atoms with Crippen LogP contribution in [-0.2, 0) is 23.8 Å². The third-order valence-corrected chi connectivity index (χ3v) is 5.88. The summed E-state index contributed by atoms with van der Waals surface area (Å²) in [4.78, 5) is 22.3. The van der Waals surface area contributed by atoms with Crippen molar-refractivity contribution in [2.45, 2.75) is 90.3 Å². The molecule has 0 aromatic heterocycles. The van der Waals surface area contributed by atoms with Crippen molar-refractivity contribution in [1.82, 2.24) is 0 Å². The lowest BCUT2D eigenvalue weighted by Gasteiger charge is -2.27. The predicted molar refractivity (Wildman–Crippen MR) is 109 cm³/mol. The van der Waals surface area contributed by atoms with Gasteiger partial charge in [-0.1, -0.05) is 38.3 Å². The van der Waals surface area contributed by atoms with Gasteiger partial charge in [0.1, 0.15) is 6.61 Å². The predicted octanol–water partition coefficient (Wildman–Crippen LogP) is 4.63. The van der Waals surface area contributed by atoms with Crippen molar-refractivity contribution in [1.29, 1.82) is 0 Å². The summed E-state index contributed by atoms with van der Waals surface area (Å²) in [6.45, 7) is 5.16. The third-order valence-electron chi connectivity index (χ3n) is 5.88. The second-order valence-electron chi connectivity index (χ2n) is 8.17. The number of ether oxygens (including phenoxy) is 3. The van der Waals surface area contributed by atoms with E-state index in [1.54, 1.807) is 0 Å². The first-order valence-electron chi connectivity index (χ1n) is 11.1. The van der Waals surface area contributed by atoms with Crippen molar-refractivity contribution in [3.8, 4) is 0 Å². The smallest absolute Gasteiger partial charge is 0.303 e. The number of Topliss-reactive ketones (excluding diaryl/α,β-unsaturated/α-hetero) is 1.